The van der Waals surface area contributed by atoms with E-state index in [2.05, 4.69) is 32.7 Å². The van der Waals surface area contributed by atoms with Crippen molar-refractivity contribution in [2.75, 3.05) is 0 Å². The van der Waals surface area contributed by atoms with Crippen LogP contribution in [0.2, 0.25) is 0 Å². The Kier molecular flexibility index (Phi) is 3.31. The van der Waals surface area contributed by atoms with Gasteiger partial charge in [0.25, 0.3) is 0 Å². The van der Waals surface area contributed by atoms with Gasteiger partial charge in [0.05, 0.1) is 11.2 Å². The van der Waals surface area contributed by atoms with E-state index in [0.717, 1.165) is 5.69 Å². The number of aliphatic imine (C=N–C) groups is 1. The van der Waals surface area contributed by atoms with E-state index in [1.54, 1.807) is 5.06 Å². The fraction of sp³-hybridized carbons (Fsp3) is 0.533. The highest BCUT2D eigenvalue weighted by Gasteiger charge is 2.43. The molecule has 0 bridgehead atoms. The highest BCUT2D eigenvalue weighted by molar-refractivity contribution is 5.78. The van der Waals surface area contributed by atoms with Crippen molar-refractivity contribution < 1.29 is 9.57 Å². The summed E-state index contributed by atoms with van der Waals surface area (Å²) < 4.78 is 5.78. The molecule has 4 nitrogen and oxygen atoms in total. The summed E-state index contributed by atoms with van der Waals surface area (Å²) in [6, 6.07) is 8.50. The molecular formula is C15H22N2O2. The Balaban J connectivity index is 2.33. The van der Waals surface area contributed by atoms with Gasteiger partial charge in [-0.2, -0.15) is 10.1 Å². The molecule has 0 radical (unpaired) electrons. The molecule has 1 heterocycles. The smallest absolute Gasteiger partial charge is 0.320 e. The largest absolute Gasteiger partial charge is 0.429 e. The number of amidine groups is 1. The first-order chi connectivity index (χ1) is 8.67. The summed E-state index contributed by atoms with van der Waals surface area (Å²) >= 11 is 0. The predicted octanol–water partition coefficient (Wildman–Crippen LogP) is 3.78. The Morgan fingerprint density at radius 2 is 1.68 bits per heavy atom. The zero-order valence-electron chi connectivity index (χ0n) is 12.5. The molecule has 0 aliphatic carbocycles. The molecule has 1 fully saturated rings. The Hall–Kier alpha value is -1.55. The van der Waals surface area contributed by atoms with Crippen LogP contribution in [0.25, 0.3) is 0 Å². The number of hydrogen-bond acceptors (Lipinski definition) is 3. The zero-order chi connectivity index (χ0) is 14.3. The quantitative estimate of drug-likeness (QED) is 0.772. The lowest BCUT2D eigenvalue weighted by molar-refractivity contribution is -0.239. The maximum absolute atomic E-state index is 5.80. The molecule has 0 unspecified atom stereocenters. The van der Waals surface area contributed by atoms with Crippen molar-refractivity contribution in [3.8, 4) is 0 Å². The molecule has 0 saturated carbocycles. The van der Waals surface area contributed by atoms with Crippen LogP contribution in [0.15, 0.2) is 29.3 Å². The molecule has 0 aromatic heterocycles. The highest BCUT2D eigenvalue weighted by atomic mass is 16.9. The number of hydrogen-bond donors (Lipinski definition) is 0. The van der Waals surface area contributed by atoms with Crippen molar-refractivity contribution in [1.82, 2.24) is 5.06 Å². The highest BCUT2D eigenvalue weighted by Crippen LogP contribution is 2.31. The molecule has 19 heavy (non-hydrogen) atoms. The van der Waals surface area contributed by atoms with Crippen LogP contribution in [0, 0.1) is 6.92 Å². The lowest BCUT2D eigenvalue weighted by Gasteiger charge is -2.29. The summed E-state index contributed by atoms with van der Waals surface area (Å²) in [5, 5.41) is 1.73. The number of rotatable bonds is 1. The van der Waals surface area contributed by atoms with E-state index in [-0.39, 0.29) is 5.54 Å². The van der Waals surface area contributed by atoms with Gasteiger partial charge in [-0.15, -0.1) is 0 Å². The van der Waals surface area contributed by atoms with Gasteiger partial charge < -0.3 is 4.74 Å². The van der Waals surface area contributed by atoms with Crippen molar-refractivity contribution in [3.63, 3.8) is 0 Å². The molecule has 1 saturated heterocycles. The summed E-state index contributed by atoms with van der Waals surface area (Å²) in [5.74, 6) is -0.684. The third-order valence-electron chi connectivity index (χ3n) is 2.69. The second-order valence-electron chi connectivity index (χ2n) is 6.29. The third-order valence-corrected chi connectivity index (χ3v) is 2.69. The first-order valence-electron chi connectivity index (χ1n) is 6.51. The van der Waals surface area contributed by atoms with Crippen molar-refractivity contribution in [3.05, 3.63) is 29.8 Å². The van der Waals surface area contributed by atoms with Crippen LogP contribution in [0.4, 0.5) is 5.69 Å². The lowest BCUT2D eigenvalue weighted by Crippen LogP contribution is -2.42. The maximum Gasteiger partial charge on any atom is 0.320 e. The topological polar surface area (TPSA) is 34.1 Å². The standard InChI is InChI=1S/C15H22N2O2/c1-11-7-9-12(10-8-11)16-13-17(14(2,3)4)19-15(5,6)18-13/h7-10H,1-6H3. The average Bonchev–Trinajstić information content (AvgIpc) is 2.57. The van der Waals surface area contributed by atoms with Crippen molar-refractivity contribution in [2.24, 2.45) is 4.99 Å². The predicted molar refractivity (Wildman–Crippen MR) is 76.1 cm³/mol. The van der Waals surface area contributed by atoms with E-state index < -0.39 is 5.79 Å². The van der Waals surface area contributed by atoms with Crippen LogP contribution in [0.5, 0.6) is 0 Å². The Morgan fingerprint density at radius 3 is 2.21 bits per heavy atom. The van der Waals surface area contributed by atoms with Gasteiger partial charge in [-0.05, 0) is 39.8 Å². The van der Waals surface area contributed by atoms with Gasteiger partial charge in [0.1, 0.15) is 0 Å². The van der Waals surface area contributed by atoms with Crippen molar-refractivity contribution >= 4 is 11.7 Å². The van der Waals surface area contributed by atoms with Gasteiger partial charge in [-0.25, -0.2) is 4.84 Å². The van der Waals surface area contributed by atoms with E-state index in [4.69, 9.17) is 9.57 Å². The summed E-state index contributed by atoms with van der Waals surface area (Å²) in [5.41, 5.74) is 1.86. The molecular weight excluding hydrogens is 240 g/mol. The minimum Gasteiger partial charge on any atom is -0.429 e. The minimum absolute atomic E-state index is 0.211. The van der Waals surface area contributed by atoms with Gasteiger partial charge in [0.15, 0.2) is 0 Å². The number of nitrogens with zero attached hydrogens (tertiary/aromatic N) is 2. The molecule has 0 amide bonds. The second-order valence-corrected chi connectivity index (χ2v) is 6.29. The van der Waals surface area contributed by atoms with Crippen molar-refractivity contribution in [1.29, 1.82) is 0 Å². The average molecular weight is 262 g/mol. The SMILES string of the molecule is Cc1ccc(N=C2OC(C)(C)ON2C(C)(C)C)cc1. The van der Waals surface area contributed by atoms with Crippen LogP contribution >= 0.6 is 0 Å². The molecule has 1 aromatic carbocycles. The summed E-state index contributed by atoms with van der Waals surface area (Å²) in [6.45, 7) is 12.0. The molecule has 0 atom stereocenters. The third kappa shape index (κ3) is 3.26. The molecule has 2 rings (SSSR count). The number of benzene rings is 1. The monoisotopic (exact) mass is 262 g/mol. The number of aryl methyl sites for hydroxylation is 1. The first kappa shape index (κ1) is 13.9. The molecule has 1 aliphatic rings. The molecule has 104 valence electrons. The van der Waals surface area contributed by atoms with Crippen LogP contribution in [0.3, 0.4) is 0 Å². The summed E-state index contributed by atoms with van der Waals surface area (Å²) in [6.07, 6.45) is 0. The van der Waals surface area contributed by atoms with Gasteiger partial charge in [-0.1, -0.05) is 17.7 Å². The molecule has 4 heteroatoms. The van der Waals surface area contributed by atoms with Gasteiger partial charge in [-0.3, -0.25) is 0 Å². The summed E-state index contributed by atoms with van der Waals surface area (Å²) in [4.78, 5) is 10.3. The van der Waals surface area contributed by atoms with Crippen LogP contribution in [-0.4, -0.2) is 22.4 Å². The Morgan fingerprint density at radius 1 is 1.11 bits per heavy atom. The fourth-order valence-corrected chi connectivity index (χ4v) is 1.76. The van der Waals surface area contributed by atoms with E-state index in [9.17, 15) is 0 Å². The van der Waals surface area contributed by atoms with Crippen LogP contribution < -0.4 is 0 Å². The second kappa shape index (κ2) is 4.53. The fourth-order valence-electron chi connectivity index (χ4n) is 1.76. The minimum atomic E-state index is -0.684. The summed E-state index contributed by atoms with van der Waals surface area (Å²) in [7, 11) is 0. The molecule has 1 aliphatic heterocycles. The van der Waals surface area contributed by atoms with Crippen molar-refractivity contribution in [2.45, 2.75) is 52.9 Å². The molecule has 1 aromatic rings. The number of ether oxygens (including phenoxy) is 1. The Labute approximate surface area is 115 Å². The first-order valence-corrected chi connectivity index (χ1v) is 6.51. The number of hydroxylamine groups is 2. The van der Waals surface area contributed by atoms with Gasteiger partial charge >= 0.3 is 6.02 Å². The molecule has 0 spiro atoms. The van der Waals surface area contributed by atoms with E-state index in [1.807, 2.05) is 38.1 Å². The van der Waals surface area contributed by atoms with Gasteiger partial charge in [0, 0.05) is 13.8 Å². The maximum atomic E-state index is 5.80. The van der Waals surface area contributed by atoms with Crippen LogP contribution in [0.1, 0.15) is 40.2 Å². The van der Waals surface area contributed by atoms with E-state index >= 15 is 0 Å². The zero-order valence-corrected chi connectivity index (χ0v) is 12.5. The van der Waals surface area contributed by atoms with E-state index in [1.165, 1.54) is 5.56 Å². The van der Waals surface area contributed by atoms with Crippen LogP contribution in [-0.2, 0) is 9.57 Å². The lowest BCUT2D eigenvalue weighted by atomic mass is 10.1. The Bertz CT molecular complexity index is 484. The van der Waals surface area contributed by atoms with Gasteiger partial charge in [0.2, 0.25) is 5.79 Å². The molecule has 0 N–H and O–H groups in total. The van der Waals surface area contributed by atoms with E-state index in [0.29, 0.717) is 6.02 Å². The normalized spacial score (nSPS) is 20.7.